The van der Waals surface area contributed by atoms with Crippen molar-refractivity contribution in [3.63, 3.8) is 0 Å². The number of hydrogen-bond donors (Lipinski definition) is 1. The maximum absolute atomic E-state index is 14.2. The number of nitrogens with zero attached hydrogens (tertiary/aromatic N) is 7. The van der Waals surface area contributed by atoms with Crippen LogP contribution in [0.3, 0.4) is 0 Å². The Balaban J connectivity index is 1.95. The summed E-state index contributed by atoms with van der Waals surface area (Å²) in [5.41, 5.74) is 6.20. The first-order valence-electron chi connectivity index (χ1n) is 8.55. The molecule has 10 heteroatoms. The Bertz CT molecular complexity index is 987. The molecule has 1 aromatic carbocycles. The van der Waals surface area contributed by atoms with E-state index >= 15 is 0 Å². The number of nitrogens with two attached hydrogens (primary N) is 1. The van der Waals surface area contributed by atoms with Crippen LogP contribution in [-0.2, 0) is 6.54 Å². The molecule has 0 amide bonds. The summed E-state index contributed by atoms with van der Waals surface area (Å²) < 4.78 is 16.0. The summed E-state index contributed by atoms with van der Waals surface area (Å²) in [7, 11) is 3.66. The lowest BCUT2D eigenvalue weighted by Crippen LogP contribution is -2.16. The van der Waals surface area contributed by atoms with Crippen LogP contribution >= 0.6 is 11.8 Å². The van der Waals surface area contributed by atoms with E-state index in [1.165, 1.54) is 17.8 Å². The largest absolute Gasteiger partial charge is 0.368 e. The van der Waals surface area contributed by atoms with Crippen molar-refractivity contribution >= 4 is 23.7 Å². The van der Waals surface area contributed by atoms with Crippen LogP contribution in [0.4, 0.5) is 16.3 Å². The fraction of sp³-hybridized carbons (Fsp3) is 0.278. The summed E-state index contributed by atoms with van der Waals surface area (Å²) in [5.74, 6) is 1.25. The first-order chi connectivity index (χ1) is 13.4. The molecule has 2 heterocycles. The number of hydrogen-bond acceptors (Lipinski definition) is 8. The molecule has 0 spiro atoms. The van der Waals surface area contributed by atoms with Gasteiger partial charge in [-0.25, -0.2) is 4.39 Å². The molecule has 0 aliphatic rings. The quantitative estimate of drug-likeness (QED) is 0.477. The van der Waals surface area contributed by atoms with Crippen LogP contribution in [0.15, 0.2) is 42.1 Å². The molecule has 1 atom stereocenters. The second-order valence-corrected chi connectivity index (χ2v) is 7.50. The number of thioether (sulfide) groups is 1. The highest BCUT2D eigenvalue weighted by molar-refractivity contribution is 7.99. The van der Waals surface area contributed by atoms with Gasteiger partial charge in [-0.15, -0.1) is 16.8 Å². The van der Waals surface area contributed by atoms with Gasteiger partial charge in [-0.2, -0.15) is 15.0 Å². The SMILES string of the molecule is C=CCn1c(SC(C)c2nc(N)nc(N(C)C)n2)nnc1-c1ccccc1F. The van der Waals surface area contributed by atoms with Crippen molar-refractivity contribution in [3.8, 4) is 11.4 Å². The molecule has 28 heavy (non-hydrogen) atoms. The Kier molecular flexibility index (Phi) is 5.88. The van der Waals surface area contributed by atoms with Crippen molar-refractivity contribution in [2.75, 3.05) is 24.7 Å². The third kappa shape index (κ3) is 4.11. The van der Waals surface area contributed by atoms with Gasteiger partial charge >= 0.3 is 0 Å². The predicted octanol–water partition coefficient (Wildman–Crippen LogP) is 2.96. The summed E-state index contributed by atoms with van der Waals surface area (Å²) in [6.45, 7) is 6.16. The molecular formula is C18H21FN8S. The van der Waals surface area contributed by atoms with Gasteiger partial charge in [-0.3, -0.25) is 4.57 Å². The number of aromatic nitrogens is 6. The molecule has 0 aliphatic carbocycles. The maximum atomic E-state index is 14.2. The molecule has 0 aliphatic heterocycles. The molecule has 1 unspecified atom stereocenters. The Morgan fingerprint density at radius 3 is 2.68 bits per heavy atom. The molecule has 2 aromatic heterocycles. The Morgan fingerprint density at radius 2 is 2.00 bits per heavy atom. The first-order valence-corrected chi connectivity index (χ1v) is 9.43. The highest BCUT2D eigenvalue weighted by Gasteiger charge is 2.21. The molecule has 0 saturated carbocycles. The van der Waals surface area contributed by atoms with Crippen LogP contribution in [-0.4, -0.2) is 43.8 Å². The smallest absolute Gasteiger partial charge is 0.229 e. The zero-order valence-electron chi connectivity index (χ0n) is 15.9. The standard InChI is InChI=1S/C18H21FN8S/c1-5-10-27-15(12-8-6-7-9-13(12)19)24-25-18(27)28-11(2)14-21-16(20)23-17(22-14)26(3)4/h5-9,11H,1,10H2,2-4H3,(H2,20,21,22,23). The van der Waals surface area contributed by atoms with Crippen molar-refractivity contribution < 1.29 is 4.39 Å². The van der Waals surface area contributed by atoms with Gasteiger partial charge in [0.25, 0.3) is 0 Å². The number of rotatable bonds is 7. The van der Waals surface area contributed by atoms with E-state index < -0.39 is 0 Å². The third-order valence-electron chi connectivity index (χ3n) is 3.85. The Hall–Kier alpha value is -3.01. The van der Waals surface area contributed by atoms with Gasteiger partial charge in [0.15, 0.2) is 11.0 Å². The predicted molar refractivity (Wildman–Crippen MR) is 108 cm³/mol. The van der Waals surface area contributed by atoms with Gasteiger partial charge in [0.2, 0.25) is 11.9 Å². The first kappa shape index (κ1) is 19.7. The normalized spacial score (nSPS) is 12.0. The van der Waals surface area contributed by atoms with E-state index in [9.17, 15) is 4.39 Å². The lowest BCUT2D eigenvalue weighted by molar-refractivity contribution is 0.626. The Labute approximate surface area is 166 Å². The van der Waals surface area contributed by atoms with Crippen LogP contribution in [0.2, 0.25) is 0 Å². The van der Waals surface area contributed by atoms with Gasteiger partial charge in [0.05, 0.1) is 10.8 Å². The van der Waals surface area contributed by atoms with E-state index in [0.717, 1.165) is 0 Å². The lowest BCUT2D eigenvalue weighted by atomic mass is 10.2. The number of anilines is 2. The van der Waals surface area contributed by atoms with Crippen LogP contribution in [0, 0.1) is 5.82 Å². The second kappa shape index (κ2) is 8.34. The molecule has 8 nitrogen and oxygen atoms in total. The van der Waals surface area contributed by atoms with Gasteiger partial charge in [-0.1, -0.05) is 30.0 Å². The van der Waals surface area contributed by atoms with Gasteiger partial charge in [0, 0.05) is 20.6 Å². The second-order valence-electron chi connectivity index (χ2n) is 6.19. The molecular weight excluding hydrogens is 379 g/mol. The monoisotopic (exact) mass is 400 g/mol. The van der Waals surface area contributed by atoms with Crippen LogP contribution in [0.1, 0.15) is 18.0 Å². The van der Waals surface area contributed by atoms with Gasteiger partial charge < -0.3 is 10.6 Å². The number of benzene rings is 1. The number of halogens is 1. The van der Waals surface area contributed by atoms with Gasteiger partial charge in [-0.05, 0) is 19.1 Å². The van der Waals surface area contributed by atoms with Gasteiger partial charge in [0.1, 0.15) is 11.6 Å². The Morgan fingerprint density at radius 1 is 1.25 bits per heavy atom. The van der Waals surface area contributed by atoms with Crippen molar-refractivity contribution in [2.45, 2.75) is 23.9 Å². The van der Waals surface area contributed by atoms with E-state index in [-0.39, 0.29) is 17.0 Å². The zero-order valence-corrected chi connectivity index (χ0v) is 16.7. The molecule has 0 saturated heterocycles. The lowest BCUT2D eigenvalue weighted by Gasteiger charge is -2.15. The van der Waals surface area contributed by atoms with Crippen molar-refractivity contribution in [2.24, 2.45) is 0 Å². The minimum absolute atomic E-state index is 0.153. The van der Waals surface area contributed by atoms with Crippen LogP contribution in [0.25, 0.3) is 11.4 Å². The van der Waals surface area contributed by atoms with E-state index in [1.54, 1.807) is 29.2 Å². The number of allylic oxidation sites excluding steroid dienone is 1. The number of nitrogen functional groups attached to an aromatic ring is 1. The topological polar surface area (TPSA) is 98.6 Å². The van der Waals surface area contributed by atoms with Crippen molar-refractivity contribution in [1.82, 2.24) is 29.7 Å². The highest BCUT2D eigenvalue weighted by atomic mass is 32.2. The average Bonchev–Trinajstić information content (AvgIpc) is 3.04. The molecule has 2 N–H and O–H groups in total. The maximum Gasteiger partial charge on any atom is 0.229 e. The molecule has 0 radical (unpaired) electrons. The molecule has 0 fully saturated rings. The summed E-state index contributed by atoms with van der Waals surface area (Å²) >= 11 is 1.41. The summed E-state index contributed by atoms with van der Waals surface area (Å²) in [6.07, 6.45) is 1.72. The van der Waals surface area contributed by atoms with E-state index in [1.807, 2.05) is 25.6 Å². The van der Waals surface area contributed by atoms with E-state index in [2.05, 4.69) is 31.7 Å². The minimum atomic E-state index is -0.356. The molecule has 0 bridgehead atoms. The highest BCUT2D eigenvalue weighted by Crippen LogP contribution is 2.34. The van der Waals surface area contributed by atoms with E-state index in [4.69, 9.17) is 5.73 Å². The van der Waals surface area contributed by atoms with Crippen LogP contribution in [0.5, 0.6) is 0 Å². The van der Waals surface area contributed by atoms with Crippen LogP contribution < -0.4 is 10.6 Å². The molecule has 146 valence electrons. The summed E-state index contributed by atoms with van der Waals surface area (Å²) in [4.78, 5) is 14.6. The molecule has 3 rings (SSSR count). The summed E-state index contributed by atoms with van der Waals surface area (Å²) in [5, 5.41) is 8.87. The fourth-order valence-corrected chi connectivity index (χ4v) is 3.40. The third-order valence-corrected chi connectivity index (χ3v) is 4.92. The zero-order chi connectivity index (χ0) is 20.3. The molecule has 3 aromatic rings. The van der Waals surface area contributed by atoms with E-state index in [0.29, 0.717) is 34.9 Å². The van der Waals surface area contributed by atoms with Crippen molar-refractivity contribution in [1.29, 1.82) is 0 Å². The minimum Gasteiger partial charge on any atom is -0.368 e. The van der Waals surface area contributed by atoms with Crippen molar-refractivity contribution in [3.05, 3.63) is 48.6 Å². The fourth-order valence-electron chi connectivity index (χ4n) is 2.50. The average molecular weight is 400 g/mol. The summed E-state index contributed by atoms with van der Waals surface area (Å²) in [6, 6.07) is 6.47.